The van der Waals surface area contributed by atoms with Gasteiger partial charge in [-0.2, -0.15) is 5.10 Å². The van der Waals surface area contributed by atoms with Crippen LogP contribution in [0.3, 0.4) is 0 Å². The topological polar surface area (TPSA) is 85.7 Å². The van der Waals surface area contributed by atoms with E-state index in [4.69, 9.17) is 9.47 Å². The van der Waals surface area contributed by atoms with Gasteiger partial charge in [-0.25, -0.2) is 4.68 Å². The van der Waals surface area contributed by atoms with E-state index in [0.717, 1.165) is 37.1 Å². The second-order valence-corrected chi connectivity index (χ2v) is 7.18. The number of aromatic nitrogens is 2. The smallest absolute Gasteiger partial charge is 0.275 e. The van der Waals surface area contributed by atoms with E-state index < -0.39 is 0 Å². The SMILES string of the molecule is COc1cc(NC(=O)Cn2nc(N3CCCC3)c3ccccc3c2=O)cc(OC)c1. The third-order valence-electron chi connectivity index (χ3n) is 5.18. The van der Waals surface area contributed by atoms with Crippen molar-refractivity contribution >= 4 is 28.2 Å². The molecule has 2 aromatic carbocycles. The van der Waals surface area contributed by atoms with E-state index in [1.807, 2.05) is 18.2 Å². The number of ether oxygens (including phenoxy) is 2. The van der Waals surface area contributed by atoms with Crippen LogP contribution in [0.2, 0.25) is 0 Å². The molecule has 0 saturated carbocycles. The predicted molar refractivity (Wildman–Crippen MR) is 116 cm³/mol. The maximum atomic E-state index is 12.9. The van der Waals surface area contributed by atoms with Gasteiger partial charge in [-0.05, 0) is 18.9 Å². The number of methoxy groups -OCH3 is 2. The van der Waals surface area contributed by atoms with Crippen LogP contribution in [0.25, 0.3) is 10.8 Å². The average molecular weight is 408 g/mol. The van der Waals surface area contributed by atoms with E-state index in [-0.39, 0.29) is 18.0 Å². The number of carbonyl (C=O) groups excluding carboxylic acids is 1. The fraction of sp³-hybridized carbons (Fsp3) is 0.318. The van der Waals surface area contributed by atoms with Crippen LogP contribution in [0.4, 0.5) is 11.5 Å². The first kappa shape index (κ1) is 19.8. The van der Waals surface area contributed by atoms with E-state index in [1.165, 1.54) is 4.68 Å². The van der Waals surface area contributed by atoms with Crippen molar-refractivity contribution in [1.29, 1.82) is 0 Å². The quantitative estimate of drug-likeness (QED) is 0.675. The third-order valence-corrected chi connectivity index (χ3v) is 5.18. The van der Waals surface area contributed by atoms with Gasteiger partial charge in [-0.1, -0.05) is 18.2 Å². The van der Waals surface area contributed by atoms with E-state index in [2.05, 4.69) is 15.3 Å². The minimum Gasteiger partial charge on any atom is -0.497 e. The first-order valence-electron chi connectivity index (χ1n) is 9.87. The zero-order valence-electron chi connectivity index (χ0n) is 17.1. The van der Waals surface area contributed by atoms with Crippen LogP contribution in [-0.4, -0.2) is 43.0 Å². The molecule has 1 aliphatic heterocycles. The highest BCUT2D eigenvalue weighted by atomic mass is 16.5. The summed E-state index contributed by atoms with van der Waals surface area (Å²) in [6, 6.07) is 12.5. The second kappa shape index (κ2) is 8.44. The summed E-state index contributed by atoms with van der Waals surface area (Å²) in [5, 5.41) is 8.72. The maximum Gasteiger partial charge on any atom is 0.275 e. The lowest BCUT2D eigenvalue weighted by molar-refractivity contribution is -0.117. The van der Waals surface area contributed by atoms with Gasteiger partial charge in [0.15, 0.2) is 5.82 Å². The number of hydrogen-bond donors (Lipinski definition) is 1. The number of anilines is 2. The Morgan fingerprint density at radius 1 is 1.03 bits per heavy atom. The highest BCUT2D eigenvalue weighted by Crippen LogP contribution is 2.27. The molecular formula is C22H24N4O4. The Kier molecular flexibility index (Phi) is 5.56. The number of benzene rings is 2. The number of hydrogen-bond acceptors (Lipinski definition) is 6. The lowest BCUT2D eigenvalue weighted by atomic mass is 10.2. The summed E-state index contributed by atoms with van der Waals surface area (Å²) < 4.78 is 11.7. The number of carbonyl (C=O) groups is 1. The molecule has 0 radical (unpaired) electrons. The van der Waals surface area contributed by atoms with E-state index in [9.17, 15) is 9.59 Å². The van der Waals surface area contributed by atoms with Crippen molar-refractivity contribution < 1.29 is 14.3 Å². The summed E-state index contributed by atoms with van der Waals surface area (Å²) in [7, 11) is 3.08. The molecule has 0 unspecified atom stereocenters. The standard InChI is InChI=1S/C22H24N4O4/c1-29-16-11-15(12-17(13-16)30-2)23-20(27)14-26-22(28)19-8-4-3-7-18(19)21(24-26)25-9-5-6-10-25/h3-4,7-8,11-13H,5-6,9-10,14H2,1-2H3,(H,23,27). The Morgan fingerprint density at radius 3 is 2.30 bits per heavy atom. The molecule has 8 nitrogen and oxygen atoms in total. The van der Waals surface area contributed by atoms with Crippen molar-refractivity contribution in [2.24, 2.45) is 0 Å². The number of rotatable bonds is 6. The van der Waals surface area contributed by atoms with Crippen LogP contribution in [0.15, 0.2) is 47.3 Å². The normalized spacial score (nSPS) is 13.5. The second-order valence-electron chi connectivity index (χ2n) is 7.18. The lowest BCUT2D eigenvalue weighted by Crippen LogP contribution is -2.32. The van der Waals surface area contributed by atoms with Crippen molar-refractivity contribution in [3.05, 3.63) is 52.8 Å². The number of amides is 1. The largest absolute Gasteiger partial charge is 0.497 e. The molecule has 1 amide bonds. The summed E-state index contributed by atoms with van der Waals surface area (Å²) in [5.41, 5.74) is 0.233. The van der Waals surface area contributed by atoms with Gasteiger partial charge in [-0.15, -0.1) is 0 Å². The minimum atomic E-state index is -0.359. The molecule has 30 heavy (non-hydrogen) atoms. The molecule has 0 spiro atoms. The van der Waals surface area contributed by atoms with Gasteiger partial charge in [0, 0.05) is 42.4 Å². The fourth-order valence-electron chi connectivity index (χ4n) is 3.70. The Hall–Kier alpha value is -3.55. The maximum absolute atomic E-state index is 12.9. The zero-order chi connectivity index (χ0) is 21.1. The molecule has 0 aliphatic carbocycles. The molecule has 2 heterocycles. The molecule has 4 rings (SSSR count). The Balaban J connectivity index is 1.64. The van der Waals surface area contributed by atoms with Gasteiger partial charge in [-0.3, -0.25) is 9.59 Å². The molecule has 1 aromatic heterocycles. The molecule has 156 valence electrons. The molecule has 3 aromatic rings. The minimum absolute atomic E-state index is 0.190. The third kappa shape index (κ3) is 3.94. The van der Waals surface area contributed by atoms with Crippen LogP contribution in [0, 0.1) is 0 Å². The lowest BCUT2D eigenvalue weighted by Gasteiger charge is -2.20. The molecule has 1 aliphatic rings. The highest BCUT2D eigenvalue weighted by molar-refractivity contribution is 5.93. The molecule has 1 saturated heterocycles. The zero-order valence-corrected chi connectivity index (χ0v) is 17.1. The molecule has 0 bridgehead atoms. The summed E-state index contributed by atoms with van der Waals surface area (Å²) >= 11 is 0. The van der Waals surface area contributed by atoms with Crippen LogP contribution < -0.4 is 25.2 Å². The van der Waals surface area contributed by atoms with Crippen molar-refractivity contribution in [2.45, 2.75) is 19.4 Å². The number of nitrogens with zero attached hydrogens (tertiary/aromatic N) is 3. The van der Waals surface area contributed by atoms with Gasteiger partial charge in [0.05, 0.1) is 19.6 Å². The van der Waals surface area contributed by atoms with Gasteiger partial charge in [0.1, 0.15) is 18.0 Å². The monoisotopic (exact) mass is 408 g/mol. The van der Waals surface area contributed by atoms with E-state index >= 15 is 0 Å². The summed E-state index contributed by atoms with van der Waals surface area (Å²) in [6.07, 6.45) is 2.18. The van der Waals surface area contributed by atoms with Crippen molar-refractivity contribution in [2.75, 3.05) is 37.5 Å². The van der Waals surface area contributed by atoms with Crippen molar-refractivity contribution in [1.82, 2.24) is 9.78 Å². The molecule has 0 atom stereocenters. The van der Waals surface area contributed by atoms with Gasteiger partial charge in [0.25, 0.3) is 5.56 Å². The average Bonchev–Trinajstić information content (AvgIpc) is 3.30. The van der Waals surface area contributed by atoms with Gasteiger partial charge in [0.2, 0.25) is 5.91 Å². The van der Waals surface area contributed by atoms with Gasteiger partial charge < -0.3 is 19.7 Å². The predicted octanol–water partition coefficient (Wildman–Crippen LogP) is 2.65. The molecule has 1 fully saturated rings. The molecule has 1 N–H and O–H groups in total. The number of nitrogens with one attached hydrogen (secondary N) is 1. The highest BCUT2D eigenvalue weighted by Gasteiger charge is 2.20. The van der Waals surface area contributed by atoms with Gasteiger partial charge >= 0.3 is 0 Å². The Labute approximate surface area is 174 Å². The van der Waals surface area contributed by atoms with Crippen LogP contribution in [0.5, 0.6) is 11.5 Å². The number of fused-ring (bicyclic) bond motifs is 1. The first-order chi connectivity index (χ1) is 14.6. The summed E-state index contributed by atoms with van der Waals surface area (Å²) in [5.74, 6) is 1.50. The van der Waals surface area contributed by atoms with Crippen molar-refractivity contribution in [3.63, 3.8) is 0 Å². The Bertz CT molecular complexity index is 1110. The van der Waals surface area contributed by atoms with E-state index in [1.54, 1.807) is 38.5 Å². The van der Waals surface area contributed by atoms with E-state index in [0.29, 0.717) is 22.6 Å². The first-order valence-corrected chi connectivity index (χ1v) is 9.87. The molecular weight excluding hydrogens is 384 g/mol. The van der Waals surface area contributed by atoms with Crippen LogP contribution >= 0.6 is 0 Å². The Morgan fingerprint density at radius 2 is 1.67 bits per heavy atom. The molecule has 8 heteroatoms. The summed E-state index contributed by atoms with van der Waals surface area (Å²) in [4.78, 5) is 27.8. The van der Waals surface area contributed by atoms with Crippen LogP contribution in [-0.2, 0) is 11.3 Å². The van der Waals surface area contributed by atoms with Crippen molar-refractivity contribution in [3.8, 4) is 11.5 Å². The summed E-state index contributed by atoms with van der Waals surface area (Å²) in [6.45, 7) is 1.60. The fourth-order valence-corrected chi connectivity index (χ4v) is 3.70. The van der Waals surface area contributed by atoms with Crippen LogP contribution in [0.1, 0.15) is 12.8 Å².